The summed E-state index contributed by atoms with van der Waals surface area (Å²) in [7, 11) is -8.05. The third-order valence-corrected chi connectivity index (χ3v) is 14.4. The maximum absolute atomic E-state index is 12.8. The number of nitrogens with one attached hydrogen (secondary N) is 4. The smallest absolute Gasteiger partial charge is 0.277 e. The number of imidazole rings is 2. The molecule has 0 spiro atoms. The highest BCUT2D eigenvalue weighted by Crippen LogP contribution is 2.36. The number of anilines is 3. The van der Waals surface area contributed by atoms with Crippen LogP contribution < -0.4 is 36.1 Å². The summed E-state index contributed by atoms with van der Waals surface area (Å²) >= 11 is 0. The van der Waals surface area contributed by atoms with E-state index in [1.807, 2.05) is 30.3 Å². The number of para-hydroxylation sites is 1. The van der Waals surface area contributed by atoms with E-state index in [4.69, 9.17) is 36.1 Å². The lowest BCUT2D eigenvalue weighted by atomic mass is 9.88. The summed E-state index contributed by atoms with van der Waals surface area (Å²) in [6.45, 7) is 0.0756. The Kier molecular flexibility index (Phi) is 12.7. The molecule has 4 aliphatic heterocycles. The zero-order chi connectivity index (χ0) is 47.3. The molecule has 14 N–H and O–H groups in total. The molecule has 6 aromatic rings. The Morgan fingerprint density at radius 2 is 1.03 bits per heavy atom. The minimum atomic E-state index is -4.06. The molecular weight excluding hydrogens is 919 g/mol. The van der Waals surface area contributed by atoms with Crippen LogP contribution in [0.5, 0.6) is 0 Å². The van der Waals surface area contributed by atoms with Crippen LogP contribution in [0, 0.1) is 0 Å². The number of nitrogen functional groups attached to an aromatic ring is 3. The van der Waals surface area contributed by atoms with Crippen molar-refractivity contribution < 1.29 is 56.2 Å². The van der Waals surface area contributed by atoms with Crippen molar-refractivity contribution in [1.29, 1.82) is 0 Å². The van der Waals surface area contributed by atoms with Gasteiger partial charge in [0.1, 0.15) is 58.7 Å². The lowest BCUT2D eigenvalue weighted by molar-refractivity contribution is -0.0667. The standard InChI is InChI=1S/C20H25N7O6S.C20H24N6O6S/c21-12-4-2-1-3-11(12)20(8-32-9-20)26-34(30,31)25-7-14-16(28)17(29)19(33-14)27-10-24-15-13(22)5-6-23-18(15)27;21-13-6-7-22-18-15(13)23-11-26(18)19-17(28)16(27)14(32-19)8-24-33(29,30)25-20(9-31-10-20)12-4-2-1-3-5-12/h1-6,10,14,16-17,19,25-26,28-29H,7-9,21H2,(H2,22,23);1-7,11,14,16-17,19,24-25,27-28H,8-10H2,(H2,21,22)/t2*14-,16-,17-,19-/m11/s1. The monoisotopic (exact) mass is 967 g/mol. The van der Waals surface area contributed by atoms with Gasteiger partial charge >= 0.3 is 0 Å². The van der Waals surface area contributed by atoms with Crippen molar-refractivity contribution in [3.05, 3.63) is 103 Å². The molecule has 0 amide bonds. The lowest BCUT2D eigenvalue weighted by Gasteiger charge is -2.42. The Bertz CT molecular complexity index is 2960. The zero-order valence-electron chi connectivity index (χ0n) is 35.3. The Balaban J connectivity index is 0.000000168. The first-order valence-corrected chi connectivity index (χ1v) is 23.8. The quantitative estimate of drug-likeness (QED) is 0.0505. The summed E-state index contributed by atoms with van der Waals surface area (Å²) in [5.41, 5.74) is 20.2. The molecule has 0 aliphatic carbocycles. The van der Waals surface area contributed by atoms with Crippen molar-refractivity contribution in [2.45, 2.75) is 60.2 Å². The summed E-state index contributed by atoms with van der Waals surface area (Å²) in [6, 6.07) is 19.3. The molecule has 4 fully saturated rings. The molecule has 8 atom stereocenters. The average molecular weight is 968 g/mol. The van der Waals surface area contributed by atoms with Crippen LogP contribution in [0.25, 0.3) is 22.3 Å². The van der Waals surface area contributed by atoms with Crippen molar-refractivity contribution in [1.82, 2.24) is 48.0 Å². The number of ether oxygens (including phenoxy) is 4. The van der Waals surface area contributed by atoms with Crippen LogP contribution in [0.15, 0.2) is 91.8 Å². The molecule has 25 nitrogen and oxygen atoms in total. The van der Waals surface area contributed by atoms with Gasteiger partial charge in [0.25, 0.3) is 20.4 Å². The van der Waals surface area contributed by atoms with Gasteiger partial charge in [-0.25, -0.2) is 19.9 Å². The van der Waals surface area contributed by atoms with E-state index in [2.05, 4.69) is 38.8 Å². The zero-order valence-corrected chi connectivity index (χ0v) is 36.9. The van der Waals surface area contributed by atoms with Gasteiger partial charge in [-0.05, 0) is 23.8 Å². The maximum Gasteiger partial charge on any atom is 0.277 e. The Hall–Kier alpha value is -5.50. The van der Waals surface area contributed by atoms with Gasteiger partial charge in [0, 0.05) is 36.7 Å². The molecule has 358 valence electrons. The van der Waals surface area contributed by atoms with Crippen LogP contribution in [0.1, 0.15) is 23.6 Å². The van der Waals surface area contributed by atoms with Gasteiger partial charge in [-0.2, -0.15) is 35.7 Å². The highest BCUT2D eigenvalue weighted by molar-refractivity contribution is 7.87. The predicted octanol–water partition coefficient (Wildman–Crippen LogP) is -2.45. The number of aliphatic hydroxyl groups excluding tert-OH is 4. The average Bonchev–Trinajstić information content (AvgIpc) is 4.05. The van der Waals surface area contributed by atoms with E-state index >= 15 is 0 Å². The fourth-order valence-corrected chi connectivity index (χ4v) is 10.8. The van der Waals surface area contributed by atoms with Gasteiger partial charge in [-0.1, -0.05) is 48.5 Å². The number of rotatable bonds is 14. The summed E-state index contributed by atoms with van der Waals surface area (Å²) in [6.07, 6.45) is -3.69. The number of aliphatic hydroxyl groups is 4. The normalized spacial score (nSPS) is 26.7. The van der Waals surface area contributed by atoms with Crippen LogP contribution in [0.2, 0.25) is 0 Å². The third-order valence-electron chi connectivity index (χ3n) is 12.0. The van der Waals surface area contributed by atoms with E-state index in [1.54, 1.807) is 36.4 Å². The molecule has 67 heavy (non-hydrogen) atoms. The van der Waals surface area contributed by atoms with E-state index in [0.29, 0.717) is 45.0 Å². The van der Waals surface area contributed by atoms with Gasteiger partial charge < -0.3 is 56.6 Å². The number of pyridine rings is 2. The number of benzene rings is 2. The molecule has 0 saturated carbocycles. The number of hydrogen-bond donors (Lipinski definition) is 11. The van der Waals surface area contributed by atoms with E-state index in [-0.39, 0.29) is 39.5 Å². The highest BCUT2D eigenvalue weighted by Gasteiger charge is 2.49. The van der Waals surface area contributed by atoms with Crippen molar-refractivity contribution in [2.24, 2.45) is 0 Å². The second-order valence-corrected chi connectivity index (χ2v) is 19.6. The first-order chi connectivity index (χ1) is 32.0. The minimum Gasteiger partial charge on any atom is -0.398 e. The lowest BCUT2D eigenvalue weighted by Crippen LogP contribution is -2.62. The molecule has 8 heterocycles. The van der Waals surface area contributed by atoms with Gasteiger partial charge in [0.15, 0.2) is 23.8 Å². The molecule has 0 unspecified atom stereocenters. The van der Waals surface area contributed by atoms with Crippen LogP contribution in [0.4, 0.5) is 17.1 Å². The molecule has 4 aliphatic rings. The molecule has 10 rings (SSSR count). The highest BCUT2D eigenvalue weighted by atomic mass is 32.2. The first-order valence-electron chi connectivity index (χ1n) is 20.8. The molecular formula is C40H49N13O12S2. The van der Waals surface area contributed by atoms with Gasteiger partial charge in [0.2, 0.25) is 0 Å². The second-order valence-electron chi connectivity index (χ2n) is 16.6. The maximum atomic E-state index is 12.8. The fourth-order valence-electron chi connectivity index (χ4n) is 8.36. The van der Waals surface area contributed by atoms with Crippen LogP contribution >= 0.6 is 0 Å². The summed E-state index contributed by atoms with van der Waals surface area (Å²) in [5, 5.41) is 42.1. The first kappa shape index (κ1) is 46.6. The summed E-state index contributed by atoms with van der Waals surface area (Å²) in [5.74, 6) is 0. The molecule has 2 aromatic carbocycles. The van der Waals surface area contributed by atoms with E-state index in [1.165, 1.54) is 34.2 Å². The number of nitrogens with zero attached hydrogens (tertiary/aromatic N) is 6. The van der Waals surface area contributed by atoms with Crippen LogP contribution in [-0.2, 0) is 50.4 Å². The molecule has 0 bridgehead atoms. The van der Waals surface area contributed by atoms with Gasteiger partial charge in [-0.3, -0.25) is 9.13 Å². The number of nitrogens with two attached hydrogens (primary N) is 3. The van der Waals surface area contributed by atoms with Gasteiger partial charge in [-0.15, -0.1) is 0 Å². The van der Waals surface area contributed by atoms with Crippen molar-refractivity contribution in [3.63, 3.8) is 0 Å². The number of fused-ring (bicyclic) bond motifs is 2. The molecule has 0 radical (unpaired) electrons. The molecule has 4 saturated heterocycles. The fraction of sp³-hybridized carbons (Fsp3) is 0.400. The predicted molar refractivity (Wildman–Crippen MR) is 238 cm³/mol. The van der Waals surface area contributed by atoms with Crippen molar-refractivity contribution >= 4 is 59.8 Å². The molecule has 4 aromatic heterocycles. The third kappa shape index (κ3) is 9.02. The Morgan fingerprint density at radius 1 is 0.582 bits per heavy atom. The van der Waals surface area contributed by atoms with Crippen LogP contribution in [-0.4, -0.2) is 142 Å². The Morgan fingerprint density at radius 3 is 1.48 bits per heavy atom. The number of aromatic nitrogens is 6. The Labute approximate surface area is 382 Å². The topological polar surface area (TPSA) is 374 Å². The van der Waals surface area contributed by atoms with E-state index in [9.17, 15) is 37.3 Å². The van der Waals surface area contributed by atoms with Gasteiger partial charge in [0.05, 0.1) is 50.5 Å². The van der Waals surface area contributed by atoms with E-state index in [0.717, 1.165) is 5.56 Å². The summed E-state index contributed by atoms with van der Waals surface area (Å²) < 4.78 is 86.3. The van der Waals surface area contributed by atoms with Crippen LogP contribution in [0.3, 0.4) is 0 Å². The number of hydrogen-bond acceptors (Lipinski definition) is 19. The van der Waals surface area contributed by atoms with E-state index < -0.39 is 80.6 Å². The van der Waals surface area contributed by atoms with Crippen molar-refractivity contribution in [3.8, 4) is 0 Å². The molecule has 27 heteroatoms. The minimum absolute atomic E-state index is 0.120. The SMILES string of the molecule is Nc1ccccc1C1(NS(=O)(=O)NC[C@H]2O[C@@H](n3cnc4c(N)ccnc43)[C@H](O)[C@@H]2O)COC1.Nc1ccnc2c1ncn2[C@@H]1O[C@H](CNS(=O)(=O)NC2(c3ccccc3)COC2)[C@@H](O)[C@H]1O. The second kappa shape index (κ2) is 18.2. The summed E-state index contributed by atoms with van der Waals surface area (Å²) in [4.78, 5) is 16.8. The largest absolute Gasteiger partial charge is 0.398 e. The van der Waals surface area contributed by atoms with Crippen molar-refractivity contribution in [2.75, 3.05) is 56.7 Å².